The largest absolute Gasteiger partial charge is 0.264 e. The molecular weight excluding hydrogens is 158 g/mol. The highest BCUT2D eigenvalue weighted by Crippen LogP contribution is 2.43. The van der Waals surface area contributed by atoms with E-state index in [1.165, 1.54) is 37.7 Å². The predicted octanol–water partition coefficient (Wildman–Crippen LogP) is 3.30. The fourth-order valence-electron chi connectivity index (χ4n) is 2.57. The molecule has 1 aromatic heterocycles. The van der Waals surface area contributed by atoms with Gasteiger partial charge in [-0.2, -0.15) is 0 Å². The first-order valence-corrected chi connectivity index (χ1v) is 5.28. The molecule has 1 fully saturated rings. The number of nitrogens with zero attached hydrogens (tertiary/aromatic N) is 1. The Hall–Kier alpha value is -0.850. The molecule has 0 unspecified atom stereocenters. The Balaban J connectivity index is 2.31. The summed E-state index contributed by atoms with van der Waals surface area (Å²) in [6, 6.07) is 4.30. The van der Waals surface area contributed by atoms with Crippen LogP contribution in [0, 0.1) is 0 Å². The van der Waals surface area contributed by atoms with Crippen molar-refractivity contribution in [1.29, 1.82) is 0 Å². The number of pyridine rings is 1. The summed E-state index contributed by atoms with van der Waals surface area (Å²) in [4.78, 5) is 4.22. The minimum Gasteiger partial charge on any atom is -0.264 e. The smallest absolute Gasteiger partial charge is 0.0305 e. The van der Waals surface area contributed by atoms with E-state index in [0.29, 0.717) is 5.41 Å². The molecule has 1 aliphatic carbocycles. The first-order chi connectivity index (χ1) is 6.37. The quantitative estimate of drug-likeness (QED) is 0.672. The lowest BCUT2D eigenvalue weighted by Gasteiger charge is -2.27. The molecule has 0 amide bonds. The molecule has 1 saturated carbocycles. The average molecular weight is 175 g/mol. The number of rotatable bonds is 2. The van der Waals surface area contributed by atoms with Crippen molar-refractivity contribution in [2.75, 3.05) is 0 Å². The van der Waals surface area contributed by atoms with Crippen LogP contribution in [0.5, 0.6) is 0 Å². The second-order valence-electron chi connectivity index (χ2n) is 4.08. The van der Waals surface area contributed by atoms with Gasteiger partial charge in [-0.25, -0.2) is 0 Å². The van der Waals surface area contributed by atoms with Gasteiger partial charge < -0.3 is 0 Å². The Bertz CT molecular complexity index is 260. The van der Waals surface area contributed by atoms with Crippen LogP contribution in [0.25, 0.3) is 0 Å². The monoisotopic (exact) mass is 175 g/mol. The zero-order valence-electron chi connectivity index (χ0n) is 8.29. The van der Waals surface area contributed by atoms with Crippen LogP contribution in [0.4, 0.5) is 0 Å². The van der Waals surface area contributed by atoms with Crippen molar-refractivity contribution in [2.45, 2.75) is 44.4 Å². The van der Waals surface area contributed by atoms with Crippen molar-refractivity contribution in [3.05, 3.63) is 30.1 Å². The van der Waals surface area contributed by atoms with E-state index in [2.05, 4.69) is 30.2 Å². The zero-order chi connectivity index (χ0) is 9.15. The Morgan fingerprint density at radius 1 is 1.38 bits per heavy atom. The molecule has 13 heavy (non-hydrogen) atoms. The van der Waals surface area contributed by atoms with E-state index < -0.39 is 0 Å². The molecule has 0 saturated heterocycles. The van der Waals surface area contributed by atoms with Gasteiger partial charge in [0.15, 0.2) is 0 Å². The van der Waals surface area contributed by atoms with Crippen molar-refractivity contribution in [3.8, 4) is 0 Å². The molecule has 1 heterocycles. The summed E-state index contributed by atoms with van der Waals surface area (Å²) in [5.41, 5.74) is 1.92. The van der Waals surface area contributed by atoms with Crippen LogP contribution in [-0.2, 0) is 5.41 Å². The summed E-state index contributed by atoms with van der Waals surface area (Å²) in [7, 11) is 0. The number of hydrogen-bond donors (Lipinski definition) is 0. The number of hydrogen-bond acceptors (Lipinski definition) is 1. The molecular formula is C12H17N. The lowest BCUT2D eigenvalue weighted by Crippen LogP contribution is -2.20. The van der Waals surface area contributed by atoms with Gasteiger partial charge in [-0.05, 0) is 36.3 Å². The minimum atomic E-state index is 0.467. The van der Waals surface area contributed by atoms with Gasteiger partial charge in [-0.1, -0.05) is 25.8 Å². The fourth-order valence-corrected chi connectivity index (χ4v) is 2.57. The molecule has 2 rings (SSSR count). The van der Waals surface area contributed by atoms with E-state index in [0.717, 1.165) is 0 Å². The van der Waals surface area contributed by atoms with Gasteiger partial charge in [0, 0.05) is 12.4 Å². The van der Waals surface area contributed by atoms with Gasteiger partial charge in [0.1, 0.15) is 0 Å². The molecule has 0 aliphatic heterocycles. The van der Waals surface area contributed by atoms with Gasteiger partial charge in [0.25, 0.3) is 0 Å². The molecule has 0 radical (unpaired) electrons. The van der Waals surface area contributed by atoms with Crippen molar-refractivity contribution < 1.29 is 0 Å². The Morgan fingerprint density at radius 3 is 2.69 bits per heavy atom. The average Bonchev–Trinajstić information content (AvgIpc) is 2.69. The predicted molar refractivity (Wildman–Crippen MR) is 54.7 cm³/mol. The zero-order valence-corrected chi connectivity index (χ0v) is 8.29. The van der Waals surface area contributed by atoms with Gasteiger partial charge in [-0.3, -0.25) is 4.98 Å². The summed E-state index contributed by atoms with van der Waals surface area (Å²) in [6.45, 7) is 2.30. The van der Waals surface area contributed by atoms with Crippen LogP contribution in [-0.4, -0.2) is 4.98 Å². The van der Waals surface area contributed by atoms with Crippen molar-refractivity contribution in [3.63, 3.8) is 0 Å². The maximum Gasteiger partial charge on any atom is 0.0305 e. The van der Waals surface area contributed by atoms with Crippen molar-refractivity contribution in [2.24, 2.45) is 0 Å². The molecule has 1 aromatic rings. The van der Waals surface area contributed by atoms with Gasteiger partial charge in [0.2, 0.25) is 0 Å². The maximum atomic E-state index is 4.22. The summed E-state index contributed by atoms with van der Waals surface area (Å²) in [5.74, 6) is 0. The molecule has 1 aliphatic rings. The maximum absolute atomic E-state index is 4.22. The van der Waals surface area contributed by atoms with Crippen LogP contribution in [0.3, 0.4) is 0 Å². The molecule has 0 aromatic carbocycles. The van der Waals surface area contributed by atoms with Crippen LogP contribution >= 0.6 is 0 Å². The Morgan fingerprint density at radius 2 is 2.15 bits per heavy atom. The van der Waals surface area contributed by atoms with Gasteiger partial charge in [-0.15, -0.1) is 0 Å². The highest BCUT2D eigenvalue weighted by atomic mass is 14.6. The summed E-state index contributed by atoms with van der Waals surface area (Å²) in [6.07, 6.45) is 10.7. The van der Waals surface area contributed by atoms with E-state index in [4.69, 9.17) is 0 Å². The van der Waals surface area contributed by atoms with E-state index >= 15 is 0 Å². The van der Waals surface area contributed by atoms with Crippen LogP contribution < -0.4 is 0 Å². The second-order valence-corrected chi connectivity index (χ2v) is 4.08. The fraction of sp³-hybridized carbons (Fsp3) is 0.583. The van der Waals surface area contributed by atoms with E-state index in [1.807, 2.05) is 6.20 Å². The summed E-state index contributed by atoms with van der Waals surface area (Å²) in [5, 5.41) is 0. The molecule has 1 nitrogen and oxygen atoms in total. The highest BCUT2D eigenvalue weighted by molar-refractivity contribution is 5.22. The van der Waals surface area contributed by atoms with E-state index in [9.17, 15) is 0 Å². The second kappa shape index (κ2) is 3.49. The van der Waals surface area contributed by atoms with Crippen LogP contribution in [0.2, 0.25) is 0 Å². The van der Waals surface area contributed by atoms with Gasteiger partial charge in [0.05, 0.1) is 0 Å². The van der Waals surface area contributed by atoms with Gasteiger partial charge >= 0.3 is 0 Å². The first-order valence-electron chi connectivity index (χ1n) is 5.28. The molecule has 0 spiro atoms. The van der Waals surface area contributed by atoms with Crippen LogP contribution in [0.1, 0.15) is 44.6 Å². The third-order valence-corrected chi connectivity index (χ3v) is 3.51. The SMILES string of the molecule is CCC1(c2cccnc2)CCCC1. The third-order valence-electron chi connectivity index (χ3n) is 3.51. The van der Waals surface area contributed by atoms with E-state index in [-0.39, 0.29) is 0 Å². The van der Waals surface area contributed by atoms with E-state index in [1.54, 1.807) is 0 Å². The minimum absolute atomic E-state index is 0.467. The normalized spacial score (nSPS) is 20.4. The topological polar surface area (TPSA) is 12.9 Å². The molecule has 0 atom stereocenters. The Labute approximate surface area is 80.2 Å². The molecule has 1 heteroatoms. The molecule has 0 N–H and O–H groups in total. The lowest BCUT2D eigenvalue weighted by molar-refractivity contribution is 0.423. The highest BCUT2D eigenvalue weighted by Gasteiger charge is 2.33. The number of aromatic nitrogens is 1. The van der Waals surface area contributed by atoms with Crippen molar-refractivity contribution >= 4 is 0 Å². The standard InChI is InChI=1S/C12H17N/c1-2-12(7-3-4-8-12)11-6-5-9-13-10-11/h5-6,9-10H,2-4,7-8H2,1H3. The first kappa shape index (κ1) is 8.74. The van der Waals surface area contributed by atoms with Crippen LogP contribution in [0.15, 0.2) is 24.5 Å². The lowest BCUT2D eigenvalue weighted by atomic mass is 9.77. The Kier molecular flexibility index (Phi) is 2.34. The summed E-state index contributed by atoms with van der Waals surface area (Å²) < 4.78 is 0. The molecule has 70 valence electrons. The third kappa shape index (κ3) is 1.48. The van der Waals surface area contributed by atoms with Crippen molar-refractivity contribution in [1.82, 2.24) is 4.98 Å². The summed E-state index contributed by atoms with van der Waals surface area (Å²) >= 11 is 0. The molecule has 0 bridgehead atoms.